The van der Waals surface area contributed by atoms with Gasteiger partial charge in [-0.05, 0) is 17.7 Å². The SMILES string of the molecule is CNC(=O)Cc1ccc2c(c1)=NCN=2. The zero-order chi connectivity index (χ0) is 9.97. The van der Waals surface area contributed by atoms with Crippen LogP contribution in [-0.2, 0) is 11.2 Å². The van der Waals surface area contributed by atoms with Gasteiger partial charge in [-0.1, -0.05) is 6.07 Å². The molecule has 1 N–H and O–H groups in total. The highest BCUT2D eigenvalue weighted by atomic mass is 16.1. The van der Waals surface area contributed by atoms with E-state index in [0.29, 0.717) is 13.1 Å². The van der Waals surface area contributed by atoms with Gasteiger partial charge in [0.1, 0.15) is 6.67 Å². The Morgan fingerprint density at radius 1 is 1.43 bits per heavy atom. The molecule has 4 nitrogen and oxygen atoms in total. The Balaban J connectivity index is 2.31. The molecular weight excluding hydrogens is 178 g/mol. The third kappa shape index (κ3) is 1.64. The van der Waals surface area contributed by atoms with Gasteiger partial charge in [0.25, 0.3) is 0 Å². The van der Waals surface area contributed by atoms with E-state index in [1.165, 1.54) is 0 Å². The molecule has 0 radical (unpaired) electrons. The van der Waals surface area contributed by atoms with E-state index < -0.39 is 0 Å². The van der Waals surface area contributed by atoms with Crippen LogP contribution < -0.4 is 16.0 Å². The van der Waals surface area contributed by atoms with Gasteiger partial charge in [-0.15, -0.1) is 0 Å². The van der Waals surface area contributed by atoms with E-state index in [4.69, 9.17) is 0 Å². The number of hydrogen-bond donors (Lipinski definition) is 1. The summed E-state index contributed by atoms with van der Waals surface area (Å²) in [6, 6.07) is 5.74. The van der Waals surface area contributed by atoms with Gasteiger partial charge in [0.2, 0.25) is 5.91 Å². The van der Waals surface area contributed by atoms with E-state index in [1.807, 2.05) is 18.2 Å². The summed E-state index contributed by atoms with van der Waals surface area (Å²) in [5.41, 5.74) is 0.976. The van der Waals surface area contributed by atoms with E-state index in [2.05, 4.69) is 15.3 Å². The highest BCUT2D eigenvalue weighted by Gasteiger charge is 2.02. The second kappa shape index (κ2) is 3.57. The predicted molar refractivity (Wildman–Crippen MR) is 51.4 cm³/mol. The molecule has 4 heteroatoms. The fourth-order valence-electron chi connectivity index (χ4n) is 1.40. The number of amides is 1. The van der Waals surface area contributed by atoms with Crippen molar-refractivity contribution in [1.29, 1.82) is 0 Å². The number of nitrogens with one attached hydrogen (secondary N) is 1. The van der Waals surface area contributed by atoms with Crippen molar-refractivity contribution in [2.75, 3.05) is 13.7 Å². The summed E-state index contributed by atoms with van der Waals surface area (Å²) >= 11 is 0. The standard InChI is InChI=1S/C10H11N3O/c1-11-10(14)5-7-2-3-8-9(4-7)13-6-12-8/h2-4H,5-6H2,1H3,(H,11,14). The first-order valence-corrected chi connectivity index (χ1v) is 4.48. The zero-order valence-corrected chi connectivity index (χ0v) is 7.95. The molecule has 0 atom stereocenters. The molecule has 0 fully saturated rings. The van der Waals surface area contributed by atoms with E-state index >= 15 is 0 Å². The van der Waals surface area contributed by atoms with E-state index in [1.54, 1.807) is 7.05 Å². The molecule has 2 rings (SSSR count). The first kappa shape index (κ1) is 8.87. The van der Waals surface area contributed by atoms with Gasteiger partial charge in [0, 0.05) is 7.05 Å². The molecule has 1 amide bonds. The molecule has 0 aromatic heterocycles. The van der Waals surface area contributed by atoms with Gasteiger partial charge in [0.15, 0.2) is 0 Å². The van der Waals surface area contributed by atoms with Crippen molar-refractivity contribution in [3.63, 3.8) is 0 Å². The van der Waals surface area contributed by atoms with Crippen molar-refractivity contribution in [2.24, 2.45) is 9.98 Å². The summed E-state index contributed by atoms with van der Waals surface area (Å²) in [4.78, 5) is 19.5. The third-order valence-electron chi connectivity index (χ3n) is 2.17. The lowest BCUT2D eigenvalue weighted by molar-refractivity contribution is -0.119. The molecule has 1 aromatic carbocycles. The maximum Gasteiger partial charge on any atom is 0.224 e. The van der Waals surface area contributed by atoms with Crippen LogP contribution in [0.3, 0.4) is 0 Å². The first-order chi connectivity index (χ1) is 6.79. The molecule has 0 saturated carbocycles. The highest BCUT2D eigenvalue weighted by Crippen LogP contribution is 1.94. The largest absolute Gasteiger partial charge is 0.359 e. The van der Waals surface area contributed by atoms with Crippen LogP contribution in [0.15, 0.2) is 28.2 Å². The fourth-order valence-corrected chi connectivity index (χ4v) is 1.40. The highest BCUT2D eigenvalue weighted by molar-refractivity contribution is 5.78. The molecule has 0 aliphatic carbocycles. The van der Waals surface area contributed by atoms with Gasteiger partial charge in [-0.25, -0.2) is 0 Å². The average molecular weight is 189 g/mol. The van der Waals surface area contributed by atoms with Crippen molar-refractivity contribution in [3.05, 3.63) is 34.5 Å². The molecule has 72 valence electrons. The maximum atomic E-state index is 11.1. The number of rotatable bonds is 2. The molecule has 0 saturated heterocycles. The van der Waals surface area contributed by atoms with E-state index in [9.17, 15) is 4.79 Å². The van der Waals surface area contributed by atoms with Crippen LogP contribution in [0.2, 0.25) is 0 Å². The summed E-state index contributed by atoms with van der Waals surface area (Å²) in [6.45, 7) is 0.513. The summed E-state index contributed by atoms with van der Waals surface area (Å²) in [7, 11) is 1.63. The van der Waals surface area contributed by atoms with Crippen molar-refractivity contribution >= 4 is 5.91 Å². The number of benzene rings is 1. The van der Waals surface area contributed by atoms with Crippen LogP contribution in [0.4, 0.5) is 0 Å². The minimum Gasteiger partial charge on any atom is -0.359 e. The van der Waals surface area contributed by atoms with Crippen molar-refractivity contribution in [3.8, 4) is 0 Å². The van der Waals surface area contributed by atoms with Crippen LogP contribution in [0.5, 0.6) is 0 Å². The lowest BCUT2D eigenvalue weighted by Crippen LogP contribution is -2.24. The third-order valence-corrected chi connectivity index (χ3v) is 2.17. The Bertz CT molecular complexity index is 479. The van der Waals surface area contributed by atoms with Crippen LogP contribution in [-0.4, -0.2) is 19.6 Å². The molecule has 1 heterocycles. The van der Waals surface area contributed by atoms with Crippen LogP contribution in [0.1, 0.15) is 5.56 Å². The Kier molecular flexibility index (Phi) is 2.26. The Morgan fingerprint density at radius 3 is 3.00 bits per heavy atom. The van der Waals surface area contributed by atoms with Crippen LogP contribution in [0, 0.1) is 0 Å². The molecule has 1 aliphatic rings. The van der Waals surface area contributed by atoms with E-state index in [0.717, 1.165) is 16.3 Å². The van der Waals surface area contributed by atoms with Crippen LogP contribution in [0.25, 0.3) is 0 Å². The van der Waals surface area contributed by atoms with Gasteiger partial charge in [0.05, 0.1) is 17.1 Å². The lowest BCUT2D eigenvalue weighted by atomic mass is 10.1. The Morgan fingerprint density at radius 2 is 2.21 bits per heavy atom. The molecule has 0 unspecified atom stereocenters. The lowest BCUT2D eigenvalue weighted by Gasteiger charge is -1.98. The molecule has 1 aromatic rings. The minimum absolute atomic E-state index is 0.0138. The molecule has 0 spiro atoms. The smallest absolute Gasteiger partial charge is 0.224 e. The monoisotopic (exact) mass is 189 g/mol. The average Bonchev–Trinajstić information content (AvgIpc) is 2.64. The second-order valence-electron chi connectivity index (χ2n) is 3.13. The summed E-state index contributed by atoms with van der Waals surface area (Å²) in [5, 5.41) is 4.40. The number of likely N-dealkylation sites (N-methyl/N-ethyl adjacent to an activating group) is 1. The number of carbonyl (C=O) groups is 1. The predicted octanol–water partition coefficient (Wildman–Crippen LogP) is -0.815. The van der Waals surface area contributed by atoms with Crippen molar-refractivity contribution in [1.82, 2.24) is 5.32 Å². The van der Waals surface area contributed by atoms with Gasteiger partial charge >= 0.3 is 0 Å². The van der Waals surface area contributed by atoms with Crippen molar-refractivity contribution < 1.29 is 4.79 Å². The quantitative estimate of drug-likeness (QED) is 0.649. The first-order valence-electron chi connectivity index (χ1n) is 4.48. The van der Waals surface area contributed by atoms with Gasteiger partial charge in [-0.2, -0.15) is 0 Å². The number of hydrogen-bond acceptors (Lipinski definition) is 3. The topological polar surface area (TPSA) is 53.8 Å². The van der Waals surface area contributed by atoms with E-state index in [-0.39, 0.29) is 5.91 Å². The summed E-state index contributed by atoms with van der Waals surface area (Å²) in [5.74, 6) is 0.0138. The Hall–Kier alpha value is -1.71. The van der Waals surface area contributed by atoms with Gasteiger partial charge in [-0.3, -0.25) is 14.8 Å². The number of carbonyl (C=O) groups excluding carboxylic acids is 1. The number of fused-ring (bicyclic) bond motifs is 1. The minimum atomic E-state index is 0.0138. The van der Waals surface area contributed by atoms with Crippen LogP contribution >= 0.6 is 0 Å². The summed E-state index contributed by atoms with van der Waals surface area (Å²) < 4.78 is 0. The Labute approximate surface area is 81.4 Å². The second-order valence-corrected chi connectivity index (χ2v) is 3.13. The van der Waals surface area contributed by atoms with Gasteiger partial charge < -0.3 is 5.32 Å². The number of nitrogens with zero attached hydrogens (tertiary/aromatic N) is 2. The fraction of sp³-hybridized carbons (Fsp3) is 0.300. The molecular formula is C10H11N3O. The molecule has 1 aliphatic heterocycles. The normalized spacial score (nSPS) is 12.6. The summed E-state index contributed by atoms with van der Waals surface area (Å²) in [6.07, 6.45) is 0.402. The zero-order valence-electron chi connectivity index (χ0n) is 7.95. The van der Waals surface area contributed by atoms with Crippen molar-refractivity contribution in [2.45, 2.75) is 6.42 Å². The molecule has 0 bridgehead atoms. The molecule has 14 heavy (non-hydrogen) atoms. The maximum absolute atomic E-state index is 11.1.